The minimum atomic E-state index is -0.529. The van der Waals surface area contributed by atoms with Crippen LogP contribution in [0.1, 0.15) is 49.2 Å². The number of likely N-dealkylation sites (tertiary alicyclic amines) is 1. The minimum Gasteiger partial charge on any atom is -0.468 e. The van der Waals surface area contributed by atoms with Crippen molar-refractivity contribution < 1.29 is 23.9 Å². The van der Waals surface area contributed by atoms with Crippen molar-refractivity contribution in [2.75, 3.05) is 26.1 Å². The molecule has 1 fully saturated rings. The van der Waals surface area contributed by atoms with Crippen molar-refractivity contribution in [1.82, 2.24) is 9.88 Å². The lowest BCUT2D eigenvalue weighted by Crippen LogP contribution is -2.44. The summed E-state index contributed by atoms with van der Waals surface area (Å²) in [5.74, 6) is -1.04. The van der Waals surface area contributed by atoms with Crippen LogP contribution >= 0.6 is 22.7 Å². The molecule has 4 rings (SSSR count). The maximum absolute atomic E-state index is 12.8. The Labute approximate surface area is 199 Å². The summed E-state index contributed by atoms with van der Waals surface area (Å²) >= 11 is 2.57. The number of carbonyl (C=O) groups excluding carboxylic acids is 3. The van der Waals surface area contributed by atoms with Crippen LogP contribution in [0.2, 0.25) is 0 Å². The lowest BCUT2D eigenvalue weighted by Gasteiger charge is -2.33. The molecule has 1 aliphatic heterocycles. The number of pyridine rings is 1. The standard InChI is InChI=1S/C23H25N3O5S2/c1-13-7-10-17(32-13)20(27)25-18-15-9-8-14(24-21(15)33-19(18)23(29)31-3)12-26-11-5-4-6-16(26)22(28)30-2/h7-10,16H,4-6,11-12H2,1-3H3,(H,25,27)/t16-/m0/s1. The zero-order valence-corrected chi connectivity index (χ0v) is 20.3. The van der Waals surface area contributed by atoms with Crippen molar-refractivity contribution in [1.29, 1.82) is 0 Å². The molecule has 0 aliphatic carbocycles. The predicted octanol–water partition coefficient (Wildman–Crippen LogP) is 4.23. The van der Waals surface area contributed by atoms with Crippen LogP contribution < -0.4 is 5.32 Å². The number of nitrogens with one attached hydrogen (secondary N) is 1. The van der Waals surface area contributed by atoms with E-state index in [4.69, 9.17) is 14.5 Å². The van der Waals surface area contributed by atoms with Crippen molar-refractivity contribution in [2.45, 2.75) is 38.8 Å². The number of piperidine rings is 1. The SMILES string of the molecule is COC(=O)c1sc2nc(CN3CCCC[C@H]3C(=O)OC)ccc2c1NC(=O)c1ccc(C)s1. The number of rotatable bonds is 6. The molecule has 33 heavy (non-hydrogen) atoms. The fourth-order valence-electron chi connectivity index (χ4n) is 3.99. The minimum absolute atomic E-state index is 0.228. The van der Waals surface area contributed by atoms with Gasteiger partial charge in [-0.2, -0.15) is 0 Å². The summed E-state index contributed by atoms with van der Waals surface area (Å²) in [5, 5.41) is 3.55. The van der Waals surface area contributed by atoms with Gasteiger partial charge in [0.05, 0.1) is 30.5 Å². The smallest absolute Gasteiger partial charge is 0.350 e. The Morgan fingerprint density at radius 1 is 1.12 bits per heavy atom. The molecule has 1 atom stereocenters. The third kappa shape index (κ3) is 4.92. The molecule has 8 nitrogen and oxygen atoms in total. The van der Waals surface area contributed by atoms with E-state index in [0.717, 1.165) is 36.4 Å². The Bertz CT molecular complexity index is 1200. The van der Waals surface area contributed by atoms with Gasteiger partial charge in [0, 0.05) is 16.8 Å². The van der Waals surface area contributed by atoms with E-state index in [0.29, 0.717) is 32.2 Å². The third-order valence-corrected chi connectivity index (χ3v) is 7.72. The molecule has 1 N–H and O–H groups in total. The second-order valence-corrected chi connectivity index (χ2v) is 10.1. The Morgan fingerprint density at radius 2 is 1.94 bits per heavy atom. The summed E-state index contributed by atoms with van der Waals surface area (Å²) in [7, 11) is 2.72. The number of thiophene rings is 2. The number of hydrogen-bond donors (Lipinski definition) is 1. The molecule has 0 spiro atoms. The van der Waals surface area contributed by atoms with Gasteiger partial charge in [-0.1, -0.05) is 6.42 Å². The quantitative estimate of drug-likeness (QED) is 0.520. The molecule has 3 aromatic heterocycles. The number of hydrogen-bond acceptors (Lipinski definition) is 9. The first-order valence-electron chi connectivity index (χ1n) is 10.6. The summed E-state index contributed by atoms with van der Waals surface area (Å²) < 4.78 is 9.91. The van der Waals surface area contributed by atoms with Crippen molar-refractivity contribution in [2.24, 2.45) is 0 Å². The molecule has 0 saturated carbocycles. The number of ether oxygens (including phenoxy) is 2. The maximum atomic E-state index is 12.8. The van der Waals surface area contributed by atoms with Crippen molar-refractivity contribution in [3.63, 3.8) is 0 Å². The van der Waals surface area contributed by atoms with Crippen LogP contribution in [0.3, 0.4) is 0 Å². The molecule has 3 aromatic rings. The van der Waals surface area contributed by atoms with Crippen LogP contribution in [0, 0.1) is 6.92 Å². The summed E-state index contributed by atoms with van der Waals surface area (Å²) in [6, 6.07) is 7.08. The fraction of sp³-hybridized carbons (Fsp3) is 0.391. The highest BCUT2D eigenvalue weighted by molar-refractivity contribution is 7.21. The summed E-state index contributed by atoms with van der Waals surface area (Å²) in [4.78, 5) is 46.7. The Balaban J connectivity index is 1.64. The first kappa shape index (κ1) is 23.3. The maximum Gasteiger partial charge on any atom is 0.350 e. The van der Waals surface area contributed by atoms with E-state index in [1.165, 1.54) is 36.9 Å². The third-order valence-electron chi connectivity index (χ3n) is 5.64. The van der Waals surface area contributed by atoms with E-state index in [9.17, 15) is 14.4 Å². The lowest BCUT2D eigenvalue weighted by molar-refractivity contribution is -0.148. The van der Waals surface area contributed by atoms with E-state index in [2.05, 4.69) is 10.2 Å². The number of carbonyl (C=O) groups is 3. The zero-order chi connectivity index (χ0) is 23.5. The average molecular weight is 488 g/mol. The molecule has 0 bridgehead atoms. The van der Waals surface area contributed by atoms with E-state index < -0.39 is 5.97 Å². The summed E-state index contributed by atoms with van der Waals surface area (Å²) in [6.07, 6.45) is 2.77. The highest BCUT2D eigenvalue weighted by Crippen LogP contribution is 2.36. The molecule has 4 heterocycles. The fourth-order valence-corrected chi connectivity index (χ4v) is 5.82. The molecule has 0 aromatic carbocycles. The van der Waals surface area contributed by atoms with Crippen LogP contribution in [0.25, 0.3) is 10.2 Å². The number of aryl methyl sites for hydroxylation is 1. The molecule has 1 amide bonds. The van der Waals surface area contributed by atoms with Crippen molar-refractivity contribution >= 4 is 56.4 Å². The van der Waals surface area contributed by atoms with Gasteiger partial charge in [-0.3, -0.25) is 14.5 Å². The summed E-state index contributed by atoms with van der Waals surface area (Å²) in [5.41, 5.74) is 1.19. The average Bonchev–Trinajstić information content (AvgIpc) is 3.42. The second kappa shape index (κ2) is 9.98. The monoisotopic (exact) mass is 487 g/mol. The van der Waals surface area contributed by atoms with Gasteiger partial charge in [0.1, 0.15) is 15.7 Å². The van der Waals surface area contributed by atoms with Gasteiger partial charge in [0.25, 0.3) is 5.91 Å². The summed E-state index contributed by atoms with van der Waals surface area (Å²) in [6.45, 7) is 3.22. The van der Waals surface area contributed by atoms with Gasteiger partial charge >= 0.3 is 11.9 Å². The first-order chi connectivity index (χ1) is 15.9. The lowest BCUT2D eigenvalue weighted by atomic mass is 10.0. The number of esters is 2. The zero-order valence-electron chi connectivity index (χ0n) is 18.7. The number of anilines is 1. The Morgan fingerprint density at radius 3 is 2.64 bits per heavy atom. The highest BCUT2D eigenvalue weighted by atomic mass is 32.1. The number of nitrogens with zero attached hydrogens (tertiary/aromatic N) is 2. The molecule has 0 radical (unpaired) electrons. The van der Waals surface area contributed by atoms with Gasteiger partial charge in [0.15, 0.2) is 0 Å². The van der Waals surface area contributed by atoms with Crippen LogP contribution in [0.15, 0.2) is 24.3 Å². The van der Waals surface area contributed by atoms with Gasteiger partial charge in [-0.25, -0.2) is 9.78 Å². The number of fused-ring (bicyclic) bond motifs is 1. The molecule has 0 unspecified atom stereocenters. The number of amides is 1. The molecular weight excluding hydrogens is 462 g/mol. The largest absolute Gasteiger partial charge is 0.468 e. The van der Waals surface area contributed by atoms with Crippen molar-refractivity contribution in [3.05, 3.63) is 44.6 Å². The molecule has 1 saturated heterocycles. The van der Waals surface area contributed by atoms with Crippen LogP contribution in [-0.4, -0.2) is 54.5 Å². The number of methoxy groups -OCH3 is 2. The second-order valence-electron chi connectivity index (χ2n) is 7.82. The molecular formula is C23H25N3O5S2. The van der Waals surface area contributed by atoms with E-state index in [1.54, 1.807) is 6.07 Å². The van der Waals surface area contributed by atoms with Crippen LogP contribution in [0.5, 0.6) is 0 Å². The molecule has 1 aliphatic rings. The van der Waals surface area contributed by atoms with Gasteiger partial charge in [-0.15, -0.1) is 22.7 Å². The van der Waals surface area contributed by atoms with Crippen molar-refractivity contribution in [3.8, 4) is 0 Å². The van der Waals surface area contributed by atoms with Gasteiger partial charge in [0.2, 0.25) is 0 Å². The normalized spacial score (nSPS) is 16.5. The van der Waals surface area contributed by atoms with E-state index in [-0.39, 0.29) is 17.9 Å². The molecule has 10 heteroatoms. The van der Waals surface area contributed by atoms with Crippen LogP contribution in [0.4, 0.5) is 5.69 Å². The Hall–Kier alpha value is -2.82. The predicted molar refractivity (Wildman–Crippen MR) is 128 cm³/mol. The van der Waals surface area contributed by atoms with Crippen LogP contribution in [-0.2, 0) is 20.8 Å². The topological polar surface area (TPSA) is 97.8 Å². The number of aromatic nitrogens is 1. The Kier molecular flexibility index (Phi) is 7.06. The van der Waals surface area contributed by atoms with E-state index in [1.807, 2.05) is 25.1 Å². The first-order valence-corrected chi connectivity index (χ1v) is 12.2. The van der Waals surface area contributed by atoms with Gasteiger partial charge < -0.3 is 14.8 Å². The van der Waals surface area contributed by atoms with E-state index >= 15 is 0 Å². The highest BCUT2D eigenvalue weighted by Gasteiger charge is 2.30. The molecule has 174 valence electrons. The van der Waals surface area contributed by atoms with Gasteiger partial charge in [-0.05, 0) is 50.6 Å².